The van der Waals surface area contributed by atoms with Crippen LogP contribution in [0.3, 0.4) is 0 Å². The van der Waals surface area contributed by atoms with Gasteiger partial charge in [0, 0.05) is 0 Å². The number of nitrogens with one attached hydrogen (secondary N) is 1. The zero-order valence-electron chi connectivity index (χ0n) is 4.86. The third kappa shape index (κ3) is 0.796. The predicted molar refractivity (Wildman–Crippen MR) is 33.8 cm³/mol. The highest BCUT2D eigenvalue weighted by molar-refractivity contribution is 5.83. The highest BCUT2D eigenvalue weighted by Crippen LogP contribution is 1.95. The summed E-state index contributed by atoms with van der Waals surface area (Å²) in [7, 11) is 0. The Morgan fingerprint density at radius 1 is 1.88 bits per heavy atom. The average Bonchev–Trinajstić information content (AvgIpc) is 2.14. The lowest BCUT2D eigenvalue weighted by Gasteiger charge is -1.90. The average molecular weight is 108 g/mol. The Labute approximate surface area is 48.6 Å². The molecule has 0 aromatic rings. The smallest absolute Gasteiger partial charge is 0.0983 e. The lowest BCUT2D eigenvalue weighted by molar-refractivity contribution is 1.12. The van der Waals surface area contributed by atoms with Crippen LogP contribution < -0.4 is 5.32 Å². The zero-order valence-corrected chi connectivity index (χ0v) is 4.86. The highest BCUT2D eigenvalue weighted by Gasteiger charge is 2.02. The van der Waals surface area contributed by atoms with Crippen LogP contribution in [0.2, 0.25) is 0 Å². The van der Waals surface area contributed by atoms with E-state index in [1.807, 2.05) is 6.92 Å². The normalized spacial score (nSPS) is 17.1. The van der Waals surface area contributed by atoms with E-state index in [1.54, 1.807) is 0 Å². The molecule has 0 bridgehead atoms. The molecule has 0 radical (unpaired) electrons. The summed E-state index contributed by atoms with van der Waals surface area (Å²) in [5.74, 6) is 0.955. The number of rotatable bonds is 0. The minimum absolute atomic E-state index is 0.718. The number of aliphatic imine (C=N–C) groups is 1. The van der Waals surface area contributed by atoms with Gasteiger partial charge in [0.15, 0.2) is 0 Å². The third-order valence-electron chi connectivity index (χ3n) is 1.02. The molecule has 1 N–H and O–H groups in total. The second-order valence-electron chi connectivity index (χ2n) is 1.68. The maximum atomic E-state index is 4.05. The van der Waals surface area contributed by atoms with Crippen molar-refractivity contribution in [1.29, 1.82) is 0 Å². The summed E-state index contributed by atoms with van der Waals surface area (Å²) < 4.78 is 0. The quantitative estimate of drug-likeness (QED) is 0.453. The first-order chi connectivity index (χ1) is 3.83. The molecule has 1 aliphatic rings. The molecule has 0 amide bonds. The summed E-state index contributed by atoms with van der Waals surface area (Å²) >= 11 is 0. The maximum absolute atomic E-state index is 4.05. The van der Waals surface area contributed by atoms with E-state index in [1.165, 1.54) is 0 Å². The monoisotopic (exact) mass is 108 g/mol. The van der Waals surface area contributed by atoms with E-state index in [4.69, 9.17) is 0 Å². The van der Waals surface area contributed by atoms with Crippen molar-refractivity contribution >= 4 is 5.84 Å². The van der Waals surface area contributed by atoms with Crippen LogP contribution in [0.5, 0.6) is 0 Å². The van der Waals surface area contributed by atoms with Crippen molar-refractivity contribution < 1.29 is 0 Å². The van der Waals surface area contributed by atoms with E-state index in [9.17, 15) is 0 Å². The standard InChI is InChI=1S/C6H8N2/c1-3-6-4-7-5(2)8-6/h1,4H2,2H3,(H,7,8). The van der Waals surface area contributed by atoms with E-state index in [2.05, 4.69) is 22.6 Å². The van der Waals surface area contributed by atoms with Gasteiger partial charge >= 0.3 is 0 Å². The van der Waals surface area contributed by atoms with Gasteiger partial charge < -0.3 is 5.32 Å². The summed E-state index contributed by atoms with van der Waals surface area (Å²) in [6, 6.07) is 0. The van der Waals surface area contributed by atoms with Crippen LogP contribution in [0.25, 0.3) is 0 Å². The number of nitrogens with zero attached hydrogens (tertiary/aromatic N) is 1. The Bertz CT molecular complexity index is 173. The summed E-state index contributed by atoms with van der Waals surface area (Å²) in [4.78, 5) is 4.05. The molecular formula is C6H8N2. The second kappa shape index (κ2) is 1.85. The molecule has 0 aromatic heterocycles. The Morgan fingerprint density at radius 2 is 2.62 bits per heavy atom. The summed E-state index contributed by atoms with van der Waals surface area (Å²) in [5.41, 5.74) is 3.71. The maximum Gasteiger partial charge on any atom is 0.0983 e. The van der Waals surface area contributed by atoms with Crippen molar-refractivity contribution in [3.8, 4) is 0 Å². The lowest BCUT2D eigenvalue weighted by atomic mass is 10.5. The fourth-order valence-corrected chi connectivity index (χ4v) is 0.595. The van der Waals surface area contributed by atoms with Crippen molar-refractivity contribution in [1.82, 2.24) is 5.32 Å². The molecule has 0 spiro atoms. The van der Waals surface area contributed by atoms with Crippen molar-refractivity contribution in [3.05, 3.63) is 18.0 Å². The van der Waals surface area contributed by atoms with Gasteiger partial charge in [-0.25, -0.2) is 0 Å². The van der Waals surface area contributed by atoms with Crippen molar-refractivity contribution in [2.75, 3.05) is 6.54 Å². The molecule has 0 saturated heterocycles. The molecule has 0 aromatic carbocycles. The highest BCUT2D eigenvalue weighted by atomic mass is 15.1. The van der Waals surface area contributed by atoms with Gasteiger partial charge in [0.25, 0.3) is 0 Å². The summed E-state index contributed by atoms with van der Waals surface area (Å²) in [5, 5.41) is 3.00. The van der Waals surface area contributed by atoms with Crippen LogP contribution in [0, 0.1) is 0 Å². The van der Waals surface area contributed by atoms with Crippen LogP contribution in [-0.2, 0) is 0 Å². The Kier molecular flexibility index (Phi) is 1.18. The van der Waals surface area contributed by atoms with Crippen LogP contribution >= 0.6 is 0 Å². The first-order valence-electron chi connectivity index (χ1n) is 2.50. The molecule has 0 atom stereocenters. The number of hydrogen-bond acceptors (Lipinski definition) is 2. The zero-order chi connectivity index (χ0) is 5.98. The molecule has 0 saturated carbocycles. The molecule has 1 rings (SSSR count). The SMILES string of the molecule is C=C=C1CN=C(C)N1. The predicted octanol–water partition coefficient (Wildman–Crippen LogP) is 0.677. The molecule has 0 fully saturated rings. The largest absolute Gasteiger partial charge is 0.340 e. The van der Waals surface area contributed by atoms with Crippen LogP contribution in [0.15, 0.2) is 23.0 Å². The third-order valence-corrected chi connectivity index (χ3v) is 1.02. The first-order valence-corrected chi connectivity index (χ1v) is 2.50. The number of amidine groups is 1. The Morgan fingerprint density at radius 3 is 2.88 bits per heavy atom. The molecule has 8 heavy (non-hydrogen) atoms. The van der Waals surface area contributed by atoms with Crippen molar-refractivity contribution in [2.45, 2.75) is 6.92 Å². The molecule has 0 unspecified atom stereocenters. The summed E-state index contributed by atoms with van der Waals surface area (Å²) in [6.45, 7) is 6.12. The van der Waals surface area contributed by atoms with Crippen molar-refractivity contribution in [2.24, 2.45) is 4.99 Å². The van der Waals surface area contributed by atoms with Crippen LogP contribution in [0.4, 0.5) is 0 Å². The van der Waals surface area contributed by atoms with E-state index >= 15 is 0 Å². The molecule has 1 heterocycles. The van der Waals surface area contributed by atoms with Gasteiger partial charge in [-0.3, -0.25) is 4.99 Å². The molecular weight excluding hydrogens is 100 g/mol. The molecule has 2 nitrogen and oxygen atoms in total. The van der Waals surface area contributed by atoms with Gasteiger partial charge in [-0.1, -0.05) is 6.58 Å². The topological polar surface area (TPSA) is 24.4 Å². The summed E-state index contributed by atoms with van der Waals surface area (Å²) in [6.07, 6.45) is 0. The Balaban J connectivity index is 2.69. The van der Waals surface area contributed by atoms with Gasteiger partial charge in [0.1, 0.15) is 0 Å². The van der Waals surface area contributed by atoms with E-state index in [0.29, 0.717) is 0 Å². The van der Waals surface area contributed by atoms with Crippen LogP contribution in [-0.4, -0.2) is 12.4 Å². The minimum atomic E-state index is 0.718. The minimum Gasteiger partial charge on any atom is -0.340 e. The first kappa shape index (κ1) is 5.13. The van der Waals surface area contributed by atoms with Gasteiger partial charge in [-0.05, 0) is 6.92 Å². The molecule has 1 aliphatic heterocycles. The Hall–Kier alpha value is -1.01. The molecule has 42 valence electrons. The molecule has 0 aliphatic carbocycles. The fraction of sp³-hybridized carbons (Fsp3) is 0.333. The van der Waals surface area contributed by atoms with Crippen LogP contribution in [0.1, 0.15) is 6.92 Å². The van der Waals surface area contributed by atoms with Crippen molar-refractivity contribution in [3.63, 3.8) is 0 Å². The second-order valence-corrected chi connectivity index (χ2v) is 1.68. The molecule has 2 heteroatoms. The number of hydrogen-bond donors (Lipinski definition) is 1. The van der Waals surface area contributed by atoms with Gasteiger partial charge in [-0.2, -0.15) is 0 Å². The van der Waals surface area contributed by atoms with Gasteiger partial charge in [-0.15, -0.1) is 5.73 Å². The van der Waals surface area contributed by atoms with E-state index in [-0.39, 0.29) is 0 Å². The van der Waals surface area contributed by atoms with Gasteiger partial charge in [0.2, 0.25) is 0 Å². The van der Waals surface area contributed by atoms with E-state index in [0.717, 1.165) is 18.1 Å². The van der Waals surface area contributed by atoms with Gasteiger partial charge in [0.05, 0.1) is 18.1 Å². The lowest BCUT2D eigenvalue weighted by Crippen LogP contribution is -2.11. The fourth-order valence-electron chi connectivity index (χ4n) is 0.595. The van der Waals surface area contributed by atoms with E-state index < -0.39 is 0 Å².